The van der Waals surface area contributed by atoms with Crippen LogP contribution in [-0.2, 0) is 10.2 Å². The fourth-order valence-electron chi connectivity index (χ4n) is 4.19. The van der Waals surface area contributed by atoms with E-state index in [9.17, 15) is 9.90 Å². The SMILES string of the molecule is COc1ccc(C2(CNC(=O)C3(O)CCN(C)CC3)CCCC2)cc1. The van der Waals surface area contributed by atoms with E-state index in [1.165, 1.54) is 18.4 Å². The maximum absolute atomic E-state index is 12.7. The number of nitrogens with one attached hydrogen (secondary N) is 1. The number of hydrogen-bond acceptors (Lipinski definition) is 4. The predicted molar refractivity (Wildman–Crippen MR) is 97.8 cm³/mol. The summed E-state index contributed by atoms with van der Waals surface area (Å²) in [6.07, 6.45) is 5.51. The van der Waals surface area contributed by atoms with Crippen molar-refractivity contribution in [2.45, 2.75) is 49.5 Å². The number of nitrogens with zero attached hydrogens (tertiary/aromatic N) is 1. The Hall–Kier alpha value is -1.59. The van der Waals surface area contributed by atoms with Gasteiger partial charge in [0.15, 0.2) is 0 Å². The summed E-state index contributed by atoms with van der Waals surface area (Å²) in [5, 5.41) is 13.8. The molecule has 0 radical (unpaired) electrons. The van der Waals surface area contributed by atoms with Crippen molar-refractivity contribution in [3.05, 3.63) is 29.8 Å². The van der Waals surface area contributed by atoms with Crippen LogP contribution in [0.25, 0.3) is 0 Å². The summed E-state index contributed by atoms with van der Waals surface area (Å²) in [7, 11) is 3.69. The molecule has 5 heteroatoms. The monoisotopic (exact) mass is 346 g/mol. The minimum atomic E-state index is -1.22. The highest BCUT2D eigenvalue weighted by Crippen LogP contribution is 2.41. The van der Waals surface area contributed by atoms with Crippen LogP contribution in [0, 0.1) is 0 Å². The summed E-state index contributed by atoms with van der Waals surface area (Å²) in [6.45, 7) is 2.11. The van der Waals surface area contributed by atoms with E-state index >= 15 is 0 Å². The van der Waals surface area contributed by atoms with Gasteiger partial charge in [-0.15, -0.1) is 0 Å². The van der Waals surface area contributed by atoms with Crippen molar-refractivity contribution >= 4 is 5.91 Å². The molecule has 2 N–H and O–H groups in total. The molecule has 0 atom stereocenters. The van der Waals surface area contributed by atoms with E-state index < -0.39 is 5.60 Å². The first-order valence-electron chi connectivity index (χ1n) is 9.31. The molecule has 0 aromatic heterocycles. The lowest BCUT2D eigenvalue weighted by atomic mass is 9.78. The minimum Gasteiger partial charge on any atom is -0.497 e. The van der Waals surface area contributed by atoms with Gasteiger partial charge in [-0.2, -0.15) is 0 Å². The number of hydrogen-bond donors (Lipinski definition) is 2. The molecular weight excluding hydrogens is 316 g/mol. The van der Waals surface area contributed by atoms with Crippen LogP contribution < -0.4 is 10.1 Å². The van der Waals surface area contributed by atoms with Gasteiger partial charge in [-0.1, -0.05) is 25.0 Å². The number of methoxy groups -OCH3 is 1. The molecule has 3 rings (SSSR count). The third-order valence-corrected chi connectivity index (χ3v) is 6.09. The normalized spacial score (nSPS) is 22.5. The molecule has 1 aliphatic heterocycles. The highest BCUT2D eigenvalue weighted by Gasteiger charge is 2.41. The van der Waals surface area contributed by atoms with Crippen LogP contribution in [0.15, 0.2) is 24.3 Å². The number of piperidine rings is 1. The van der Waals surface area contributed by atoms with Crippen LogP contribution in [0.1, 0.15) is 44.1 Å². The fraction of sp³-hybridized carbons (Fsp3) is 0.650. The van der Waals surface area contributed by atoms with Crippen molar-refractivity contribution in [1.82, 2.24) is 10.2 Å². The molecule has 1 saturated carbocycles. The van der Waals surface area contributed by atoms with Gasteiger partial charge in [0.05, 0.1) is 7.11 Å². The molecule has 0 spiro atoms. The lowest BCUT2D eigenvalue weighted by molar-refractivity contribution is -0.144. The van der Waals surface area contributed by atoms with Crippen molar-refractivity contribution in [2.24, 2.45) is 0 Å². The van der Waals surface area contributed by atoms with E-state index in [0.29, 0.717) is 19.4 Å². The maximum atomic E-state index is 12.7. The highest BCUT2D eigenvalue weighted by atomic mass is 16.5. The fourth-order valence-corrected chi connectivity index (χ4v) is 4.19. The summed E-state index contributed by atoms with van der Waals surface area (Å²) >= 11 is 0. The topological polar surface area (TPSA) is 61.8 Å². The number of amides is 1. The van der Waals surface area contributed by atoms with E-state index in [-0.39, 0.29) is 11.3 Å². The predicted octanol–water partition coefficient (Wildman–Crippen LogP) is 2.08. The van der Waals surface area contributed by atoms with E-state index in [4.69, 9.17) is 4.74 Å². The Morgan fingerprint density at radius 3 is 2.32 bits per heavy atom. The van der Waals surface area contributed by atoms with Crippen molar-refractivity contribution in [1.29, 1.82) is 0 Å². The Morgan fingerprint density at radius 1 is 1.16 bits per heavy atom. The number of rotatable bonds is 5. The first-order chi connectivity index (χ1) is 12.0. The van der Waals surface area contributed by atoms with E-state index in [0.717, 1.165) is 31.7 Å². The van der Waals surface area contributed by atoms with Gasteiger partial charge < -0.3 is 20.1 Å². The lowest BCUT2D eigenvalue weighted by Crippen LogP contribution is -2.55. The number of likely N-dealkylation sites (tertiary alicyclic amines) is 1. The zero-order chi connectivity index (χ0) is 17.9. The van der Waals surface area contributed by atoms with Gasteiger partial charge in [-0.25, -0.2) is 0 Å². The zero-order valence-electron chi connectivity index (χ0n) is 15.4. The Bertz CT molecular complexity index is 585. The molecule has 0 bridgehead atoms. The molecule has 25 heavy (non-hydrogen) atoms. The quantitative estimate of drug-likeness (QED) is 0.857. The van der Waals surface area contributed by atoms with Gasteiger partial charge >= 0.3 is 0 Å². The average molecular weight is 346 g/mol. The zero-order valence-corrected chi connectivity index (χ0v) is 15.4. The molecule has 1 heterocycles. The van der Waals surface area contributed by atoms with Gasteiger partial charge in [0.1, 0.15) is 11.4 Å². The number of carbonyl (C=O) groups is 1. The molecule has 5 nitrogen and oxygen atoms in total. The van der Waals surface area contributed by atoms with Gasteiger partial charge in [0.2, 0.25) is 0 Å². The third kappa shape index (κ3) is 3.82. The molecular formula is C20H30N2O3. The van der Waals surface area contributed by atoms with Gasteiger partial charge in [0.25, 0.3) is 5.91 Å². The molecule has 1 aliphatic carbocycles. The number of aliphatic hydroxyl groups is 1. The van der Waals surface area contributed by atoms with Crippen LogP contribution in [0.5, 0.6) is 5.75 Å². The summed E-state index contributed by atoms with van der Waals surface area (Å²) in [5.41, 5.74) is 0.0112. The summed E-state index contributed by atoms with van der Waals surface area (Å²) in [6, 6.07) is 8.20. The molecule has 1 saturated heterocycles. The Balaban J connectivity index is 1.68. The number of benzene rings is 1. The van der Waals surface area contributed by atoms with E-state index in [1.807, 2.05) is 19.2 Å². The maximum Gasteiger partial charge on any atom is 0.252 e. The van der Waals surface area contributed by atoms with Crippen LogP contribution in [0.4, 0.5) is 0 Å². The number of ether oxygens (including phenoxy) is 1. The minimum absolute atomic E-state index is 0.0241. The highest BCUT2D eigenvalue weighted by molar-refractivity contribution is 5.85. The Kier molecular flexibility index (Phi) is 5.35. The molecule has 1 aromatic rings. The second-order valence-electron chi connectivity index (χ2n) is 7.73. The van der Waals surface area contributed by atoms with Crippen molar-refractivity contribution in [2.75, 3.05) is 33.8 Å². The lowest BCUT2D eigenvalue weighted by Gasteiger charge is -2.37. The van der Waals surface area contributed by atoms with Crippen LogP contribution in [0.3, 0.4) is 0 Å². The third-order valence-electron chi connectivity index (χ3n) is 6.09. The van der Waals surface area contributed by atoms with Gasteiger partial charge in [-0.3, -0.25) is 4.79 Å². The van der Waals surface area contributed by atoms with E-state index in [2.05, 4.69) is 22.3 Å². The Morgan fingerprint density at radius 2 is 1.76 bits per heavy atom. The molecule has 2 fully saturated rings. The second-order valence-corrected chi connectivity index (χ2v) is 7.73. The van der Waals surface area contributed by atoms with E-state index in [1.54, 1.807) is 7.11 Å². The molecule has 138 valence electrons. The molecule has 2 aliphatic rings. The van der Waals surface area contributed by atoms with Crippen LogP contribution >= 0.6 is 0 Å². The van der Waals surface area contributed by atoms with Crippen LogP contribution in [0.2, 0.25) is 0 Å². The van der Waals surface area contributed by atoms with Crippen molar-refractivity contribution < 1.29 is 14.6 Å². The molecule has 1 aromatic carbocycles. The smallest absolute Gasteiger partial charge is 0.252 e. The summed E-state index contributed by atoms with van der Waals surface area (Å²) in [5.74, 6) is 0.641. The Labute approximate surface area is 150 Å². The first kappa shape index (κ1) is 18.2. The molecule has 0 unspecified atom stereocenters. The number of carbonyl (C=O) groups excluding carboxylic acids is 1. The summed E-state index contributed by atoms with van der Waals surface area (Å²) in [4.78, 5) is 14.8. The largest absolute Gasteiger partial charge is 0.497 e. The second kappa shape index (κ2) is 7.34. The summed E-state index contributed by atoms with van der Waals surface area (Å²) < 4.78 is 5.26. The van der Waals surface area contributed by atoms with Gasteiger partial charge in [0, 0.05) is 25.0 Å². The van der Waals surface area contributed by atoms with Gasteiger partial charge in [-0.05, 0) is 50.4 Å². The standard InChI is InChI=1S/C20H30N2O3/c1-22-13-11-20(24,12-14-22)18(23)21-15-19(9-3-4-10-19)16-5-7-17(25-2)8-6-16/h5-8,24H,3-4,9-15H2,1-2H3,(H,21,23). The van der Waals surface area contributed by atoms with Crippen molar-refractivity contribution in [3.63, 3.8) is 0 Å². The van der Waals surface area contributed by atoms with Crippen molar-refractivity contribution in [3.8, 4) is 5.75 Å². The molecule has 1 amide bonds. The van der Waals surface area contributed by atoms with Crippen LogP contribution in [-0.4, -0.2) is 55.3 Å². The average Bonchev–Trinajstić information content (AvgIpc) is 3.12. The first-order valence-corrected chi connectivity index (χ1v) is 9.31.